The number of rotatable bonds is 4. The lowest BCUT2D eigenvalue weighted by molar-refractivity contribution is -0.156. The second-order valence-electron chi connectivity index (χ2n) is 5.40. The number of aromatic nitrogens is 2. The molecular formula is C16H16ClFN2O3. The summed E-state index contributed by atoms with van der Waals surface area (Å²) in [5.74, 6) is -0.631. The van der Waals surface area contributed by atoms with Gasteiger partial charge in [0.1, 0.15) is 5.82 Å². The molecular weight excluding hydrogens is 323 g/mol. The first-order valence-corrected chi connectivity index (χ1v) is 7.19. The number of carbonyl (C=O) groups is 1. The van der Waals surface area contributed by atoms with Gasteiger partial charge in [-0.3, -0.25) is 0 Å². The van der Waals surface area contributed by atoms with Crippen LogP contribution in [0.2, 0.25) is 5.02 Å². The maximum absolute atomic E-state index is 13.6. The predicted octanol–water partition coefficient (Wildman–Crippen LogP) is 3.57. The molecule has 0 unspecified atom stereocenters. The fraction of sp³-hybridized carbons (Fsp3) is 0.312. The van der Waals surface area contributed by atoms with Crippen LogP contribution in [0, 0.1) is 12.7 Å². The summed E-state index contributed by atoms with van der Waals surface area (Å²) >= 11 is 5.68. The molecule has 23 heavy (non-hydrogen) atoms. The van der Waals surface area contributed by atoms with E-state index < -0.39 is 17.4 Å². The summed E-state index contributed by atoms with van der Waals surface area (Å²) in [6.45, 7) is 4.88. The second kappa shape index (κ2) is 6.50. The van der Waals surface area contributed by atoms with Crippen LogP contribution < -0.4 is 4.74 Å². The molecule has 0 radical (unpaired) electrons. The van der Waals surface area contributed by atoms with E-state index >= 15 is 0 Å². The Bertz CT molecular complexity index is 750. The fourth-order valence-corrected chi connectivity index (χ4v) is 2.02. The van der Waals surface area contributed by atoms with Gasteiger partial charge >= 0.3 is 5.97 Å². The number of hydrogen-bond acceptors (Lipinski definition) is 5. The number of ether oxygens (including phenoxy) is 2. The first-order chi connectivity index (χ1) is 10.7. The van der Waals surface area contributed by atoms with E-state index in [9.17, 15) is 9.18 Å². The van der Waals surface area contributed by atoms with Crippen LogP contribution in [0.5, 0.6) is 5.88 Å². The van der Waals surface area contributed by atoms with E-state index in [2.05, 4.69) is 14.7 Å². The second-order valence-corrected chi connectivity index (χ2v) is 5.81. The number of carbonyl (C=O) groups excluding carboxylic acids is 1. The maximum Gasteiger partial charge on any atom is 0.349 e. The number of halogens is 2. The van der Waals surface area contributed by atoms with E-state index in [1.807, 2.05) is 0 Å². The first-order valence-electron chi connectivity index (χ1n) is 6.81. The van der Waals surface area contributed by atoms with Gasteiger partial charge in [0.2, 0.25) is 11.5 Å². The summed E-state index contributed by atoms with van der Waals surface area (Å²) in [6.07, 6.45) is 0. The monoisotopic (exact) mass is 338 g/mol. The normalized spacial score (nSPS) is 11.2. The highest BCUT2D eigenvalue weighted by Crippen LogP contribution is 2.25. The highest BCUT2D eigenvalue weighted by atomic mass is 35.5. The number of nitrogens with zero attached hydrogens (tertiary/aromatic N) is 2. The molecule has 0 amide bonds. The molecule has 0 saturated heterocycles. The molecule has 5 nitrogen and oxygen atoms in total. The van der Waals surface area contributed by atoms with Gasteiger partial charge in [0.25, 0.3) is 0 Å². The highest BCUT2D eigenvalue weighted by molar-refractivity contribution is 6.30. The maximum atomic E-state index is 13.6. The van der Waals surface area contributed by atoms with Crippen LogP contribution in [-0.4, -0.2) is 28.6 Å². The smallest absolute Gasteiger partial charge is 0.349 e. The van der Waals surface area contributed by atoms with Gasteiger partial charge in [0.05, 0.1) is 12.1 Å². The van der Waals surface area contributed by atoms with Gasteiger partial charge in [-0.15, -0.1) is 0 Å². The van der Waals surface area contributed by atoms with Crippen LogP contribution in [0.15, 0.2) is 24.3 Å². The van der Waals surface area contributed by atoms with Crippen molar-refractivity contribution in [3.63, 3.8) is 0 Å². The number of esters is 1. The minimum atomic E-state index is -1.21. The quantitative estimate of drug-likeness (QED) is 0.797. The van der Waals surface area contributed by atoms with Gasteiger partial charge in [0, 0.05) is 17.3 Å². The van der Waals surface area contributed by atoms with Crippen molar-refractivity contribution in [2.45, 2.75) is 26.4 Å². The largest absolute Gasteiger partial charge is 0.466 e. The third-order valence-electron chi connectivity index (χ3n) is 3.05. The van der Waals surface area contributed by atoms with E-state index in [0.717, 1.165) is 0 Å². The Hall–Kier alpha value is -2.21. The number of benzene rings is 1. The molecule has 0 aliphatic heterocycles. The lowest BCUT2D eigenvalue weighted by Gasteiger charge is -2.22. The van der Waals surface area contributed by atoms with Crippen molar-refractivity contribution < 1.29 is 18.7 Å². The van der Waals surface area contributed by atoms with Crippen LogP contribution >= 0.6 is 11.6 Å². The molecule has 7 heteroatoms. The third kappa shape index (κ3) is 3.96. The zero-order chi connectivity index (χ0) is 17.2. The predicted molar refractivity (Wildman–Crippen MR) is 83.9 cm³/mol. The molecule has 1 aromatic carbocycles. The molecule has 1 aromatic heterocycles. The number of methoxy groups -OCH3 is 1. The summed E-state index contributed by atoms with van der Waals surface area (Å²) in [7, 11) is 1.28. The standard InChI is InChI=1S/C16H16ClFN2O3/c1-9-7-13(23-16(2,3)15(21)22-4)20-14(19-9)10-5-6-11(17)12(18)8-10/h5-8H,1-4H3. The summed E-state index contributed by atoms with van der Waals surface area (Å²) in [5, 5.41) is 0.0182. The number of aryl methyl sites for hydroxylation is 1. The molecule has 0 fully saturated rings. The van der Waals surface area contributed by atoms with Crippen LogP contribution in [-0.2, 0) is 9.53 Å². The molecule has 2 aromatic rings. The SMILES string of the molecule is COC(=O)C(C)(C)Oc1cc(C)nc(-c2ccc(Cl)c(F)c2)n1. The van der Waals surface area contributed by atoms with Crippen LogP contribution in [0.1, 0.15) is 19.5 Å². The summed E-state index contributed by atoms with van der Waals surface area (Å²) in [4.78, 5) is 20.2. The van der Waals surface area contributed by atoms with Crippen LogP contribution in [0.25, 0.3) is 11.4 Å². The van der Waals surface area contributed by atoms with Crippen molar-refractivity contribution in [3.05, 3.63) is 40.8 Å². The van der Waals surface area contributed by atoms with Crippen molar-refractivity contribution >= 4 is 17.6 Å². The van der Waals surface area contributed by atoms with Crippen LogP contribution in [0.3, 0.4) is 0 Å². The molecule has 0 N–H and O–H groups in total. The number of hydrogen-bond donors (Lipinski definition) is 0. The van der Waals surface area contributed by atoms with Crippen molar-refractivity contribution in [2.75, 3.05) is 7.11 Å². The van der Waals surface area contributed by atoms with Crippen molar-refractivity contribution in [3.8, 4) is 17.3 Å². The molecule has 0 saturated carbocycles. The fourth-order valence-electron chi connectivity index (χ4n) is 1.91. The molecule has 0 aliphatic carbocycles. The Labute approximate surface area is 138 Å². The Morgan fingerprint density at radius 2 is 1.96 bits per heavy atom. The highest BCUT2D eigenvalue weighted by Gasteiger charge is 2.31. The zero-order valence-corrected chi connectivity index (χ0v) is 13.9. The molecule has 0 spiro atoms. The van der Waals surface area contributed by atoms with E-state index in [0.29, 0.717) is 11.3 Å². The Morgan fingerprint density at radius 1 is 1.26 bits per heavy atom. The van der Waals surface area contributed by atoms with E-state index in [-0.39, 0.29) is 16.7 Å². The Morgan fingerprint density at radius 3 is 2.57 bits per heavy atom. The summed E-state index contributed by atoms with van der Waals surface area (Å²) in [6, 6.07) is 5.86. The van der Waals surface area contributed by atoms with Crippen molar-refractivity contribution in [2.24, 2.45) is 0 Å². The van der Waals surface area contributed by atoms with Gasteiger partial charge in [0.15, 0.2) is 5.82 Å². The zero-order valence-electron chi connectivity index (χ0n) is 13.2. The van der Waals surface area contributed by atoms with Crippen LogP contribution in [0.4, 0.5) is 4.39 Å². The topological polar surface area (TPSA) is 61.3 Å². The summed E-state index contributed by atoms with van der Waals surface area (Å²) < 4.78 is 23.9. The minimum Gasteiger partial charge on any atom is -0.466 e. The Balaban J connectivity index is 2.39. The Kier molecular flexibility index (Phi) is 4.85. The van der Waals surface area contributed by atoms with Gasteiger partial charge in [-0.1, -0.05) is 11.6 Å². The molecule has 1 heterocycles. The van der Waals surface area contributed by atoms with Gasteiger partial charge in [-0.25, -0.2) is 14.2 Å². The minimum absolute atomic E-state index is 0.0182. The van der Waals surface area contributed by atoms with Crippen molar-refractivity contribution in [1.82, 2.24) is 9.97 Å². The molecule has 122 valence electrons. The molecule has 0 atom stereocenters. The molecule has 0 bridgehead atoms. The average Bonchev–Trinajstić information content (AvgIpc) is 2.48. The van der Waals surface area contributed by atoms with Crippen molar-refractivity contribution in [1.29, 1.82) is 0 Å². The van der Waals surface area contributed by atoms with Gasteiger partial charge < -0.3 is 9.47 Å². The molecule has 0 aliphatic rings. The van der Waals surface area contributed by atoms with E-state index in [4.69, 9.17) is 16.3 Å². The first kappa shape index (κ1) is 17.1. The van der Waals surface area contributed by atoms with E-state index in [1.54, 1.807) is 32.9 Å². The lowest BCUT2D eigenvalue weighted by Crippen LogP contribution is -2.39. The lowest BCUT2D eigenvalue weighted by atomic mass is 10.1. The van der Waals surface area contributed by atoms with E-state index in [1.165, 1.54) is 19.2 Å². The third-order valence-corrected chi connectivity index (χ3v) is 3.35. The molecule has 2 rings (SSSR count). The van der Waals surface area contributed by atoms with Gasteiger partial charge in [-0.05, 0) is 39.0 Å². The van der Waals surface area contributed by atoms with Gasteiger partial charge in [-0.2, -0.15) is 4.98 Å². The summed E-state index contributed by atoms with van der Waals surface area (Å²) in [5.41, 5.74) is -0.143. The average molecular weight is 339 g/mol.